The quantitative estimate of drug-likeness (QED) is 0.869. The first-order chi connectivity index (χ1) is 8.98. The standard InChI is InChI=1S/C14H21N3O2/c1-14(4-7-17(2)8-5-14)10-16-12-9-11(13(18)19)3-6-15-12/h3,6,9H,4-5,7-8,10H2,1-2H3,(H,15,16)(H,18,19). The lowest BCUT2D eigenvalue weighted by molar-refractivity contribution is 0.0697. The Kier molecular flexibility index (Phi) is 4.04. The van der Waals surface area contributed by atoms with Crippen molar-refractivity contribution in [3.05, 3.63) is 23.9 Å². The summed E-state index contributed by atoms with van der Waals surface area (Å²) < 4.78 is 0. The van der Waals surface area contributed by atoms with Gasteiger partial charge in [0.2, 0.25) is 0 Å². The van der Waals surface area contributed by atoms with Crippen molar-refractivity contribution in [2.45, 2.75) is 19.8 Å². The van der Waals surface area contributed by atoms with E-state index in [1.807, 2.05) is 0 Å². The smallest absolute Gasteiger partial charge is 0.335 e. The summed E-state index contributed by atoms with van der Waals surface area (Å²) in [5, 5.41) is 12.2. The summed E-state index contributed by atoms with van der Waals surface area (Å²) >= 11 is 0. The van der Waals surface area contributed by atoms with Crippen LogP contribution in [0, 0.1) is 5.41 Å². The van der Waals surface area contributed by atoms with Crippen molar-refractivity contribution in [2.75, 3.05) is 32.0 Å². The first kappa shape index (κ1) is 13.8. The number of rotatable bonds is 4. The van der Waals surface area contributed by atoms with E-state index < -0.39 is 5.97 Å². The van der Waals surface area contributed by atoms with Gasteiger partial charge in [-0.05, 0) is 50.5 Å². The predicted molar refractivity (Wildman–Crippen MR) is 74.5 cm³/mol. The van der Waals surface area contributed by atoms with Gasteiger partial charge in [0, 0.05) is 12.7 Å². The average molecular weight is 263 g/mol. The highest BCUT2D eigenvalue weighted by Crippen LogP contribution is 2.30. The molecule has 1 aromatic heterocycles. The number of aromatic nitrogens is 1. The Balaban J connectivity index is 1.95. The second kappa shape index (κ2) is 5.57. The van der Waals surface area contributed by atoms with Crippen LogP contribution >= 0.6 is 0 Å². The van der Waals surface area contributed by atoms with Gasteiger partial charge in [-0.1, -0.05) is 6.92 Å². The second-order valence-electron chi connectivity index (χ2n) is 5.70. The van der Waals surface area contributed by atoms with Crippen LogP contribution in [0.25, 0.3) is 0 Å². The average Bonchev–Trinajstić information content (AvgIpc) is 2.41. The van der Waals surface area contributed by atoms with Crippen molar-refractivity contribution in [1.29, 1.82) is 0 Å². The van der Waals surface area contributed by atoms with E-state index in [0.29, 0.717) is 5.82 Å². The number of carbonyl (C=O) groups is 1. The van der Waals surface area contributed by atoms with E-state index in [-0.39, 0.29) is 11.0 Å². The van der Waals surface area contributed by atoms with E-state index in [4.69, 9.17) is 5.11 Å². The number of nitrogens with one attached hydrogen (secondary N) is 1. The number of nitrogens with zero attached hydrogens (tertiary/aromatic N) is 2. The number of hydrogen-bond donors (Lipinski definition) is 2. The minimum atomic E-state index is -0.920. The molecule has 5 nitrogen and oxygen atoms in total. The second-order valence-corrected chi connectivity index (χ2v) is 5.70. The monoisotopic (exact) mass is 263 g/mol. The molecule has 104 valence electrons. The van der Waals surface area contributed by atoms with Crippen LogP contribution in [0.5, 0.6) is 0 Å². The molecule has 1 aliphatic rings. The Morgan fingerprint density at radius 1 is 1.53 bits per heavy atom. The van der Waals surface area contributed by atoms with Crippen LogP contribution in [-0.4, -0.2) is 47.6 Å². The first-order valence-corrected chi connectivity index (χ1v) is 6.60. The predicted octanol–water partition coefficient (Wildman–Crippen LogP) is 1.92. The van der Waals surface area contributed by atoms with Gasteiger partial charge in [-0.2, -0.15) is 0 Å². The number of likely N-dealkylation sites (tertiary alicyclic amines) is 1. The maximum absolute atomic E-state index is 10.9. The maximum Gasteiger partial charge on any atom is 0.335 e. The van der Waals surface area contributed by atoms with Gasteiger partial charge in [0.15, 0.2) is 0 Å². The van der Waals surface area contributed by atoms with Crippen LogP contribution in [-0.2, 0) is 0 Å². The molecule has 1 aliphatic heterocycles. The minimum Gasteiger partial charge on any atom is -0.478 e. The van der Waals surface area contributed by atoms with Gasteiger partial charge in [-0.3, -0.25) is 0 Å². The van der Waals surface area contributed by atoms with Crippen LogP contribution in [0.2, 0.25) is 0 Å². The number of aromatic carboxylic acids is 1. The number of piperidine rings is 1. The summed E-state index contributed by atoms with van der Waals surface area (Å²) in [4.78, 5) is 17.4. The minimum absolute atomic E-state index is 0.257. The zero-order valence-electron chi connectivity index (χ0n) is 11.5. The van der Waals surface area contributed by atoms with Crippen LogP contribution in [0.15, 0.2) is 18.3 Å². The molecule has 0 aromatic carbocycles. The normalized spacial score (nSPS) is 19.1. The van der Waals surface area contributed by atoms with Crippen LogP contribution in [0.4, 0.5) is 5.82 Å². The third kappa shape index (κ3) is 3.67. The summed E-state index contributed by atoms with van der Waals surface area (Å²) in [6.45, 7) is 5.33. The van der Waals surface area contributed by atoms with Gasteiger partial charge in [0.1, 0.15) is 5.82 Å². The highest BCUT2D eigenvalue weighted by molar-refractivity contribution is 5.88. The van der Waals surface area contributed by atoms with E-state index in [2.05, 4.69) is 29.2 Å². The Labute approximate surface area is 113 Å². The van der Waals surface area contributed by atoms with Crippen molar-refractivity contribution >= 4 is 11.8 Å². The third-order valence-electron chi connectivity index (χ3n) is 3.90. The maximum atomic E-state index is 10.9. The van der Waals surface area contributed by atoms with E-state index in [1.165, 1.54) is 12.3 Å². The van der Waals surface area contributed by atoms with Crippen molar-refractivity contribution in [2.24, 2.45) is 5.41 Å². The molecule has 5 heteroatoms. The van der Waals surface area contributed by atoms with Crippen molar-refractivity contribution in [3.8, 4) is 0 Å². The summed E-state index contributed by atoms with van der Waals surface area (Å²) in [5.41, 5.74) is 0.527. The number of pyridine rings is 1. The van der Waals surface area contributed by atoms with E-state index >= 15 is 0 Å². The molecule has 0 spiro atoms. The Morgan fingerprint density at radius 2 is 2.21 bits per heavy atom. The molecular weight excluding hydrogens is 242 g/mol. The summed E-state index contributed by atoms with van der Waals surface area (Å²) in [6, 6.07) is 3.09. The molecule has 0 atom stereocenters. The lowest BCUT2D eigenvalue weighted by Crippen LogP contribution is -2.40. The SMILES string of the molecule is CN1CCC(C)(CNc2cc(C(=O)O)ccn2)CC1. The summed E-state index contributed by atoms with van der Waals surface area (Å²) in [6.07, 6.45) is 3.83. The van der Waals surface area contributed by atoms with Gasteiger partial charge in [0.25, 0.3) is 0 Å². The molecule has 2 heterocycles. The van der Waals surface area contributed by atoms with Gasteiger partial charge < -0.3 is 15.3 Å². The molecular formula is C14H21N3O2. The molecule has 0 radical (unpaired) electrons. The van der Waals surface area contributed by atoms with Gasteiger partial charge in [-0.25, -0.2) is 9.78 Å². The zero-order valence-corrected chi connectivity index (χ0v) is 11.5. The molecule has 1 fully saturated rings. The number of carboxylic acids is 1. The highest BCUT2D eigenvalue weighted by Gasteiger charge is 2.28. The first-order valence-electron chi connectivity index (χ1n) is 6.60. The molecule has 0 aliphatic carbocycles. The summed E-state index contributed by atoms with van der Waals surface area (Å²) in [5.74, 6) is -0.281. The van der Waals surface area contributed by atoms with Crippen LogP contribution in [0.1, 0.15) is 30.1 Å². The fourth-order valence-electron chi connectivity index (χ4n) is 2.30. The number of carboxylic acid groups (broad SMARTS) is 1. The number of anilines is 1. The molecule has 0 bridgehead atoms. The molecule has 1 aromatic rings. The van der Waals surface area contributed by atoms with E-state index in [1.54, 1.807) is 6.07 Å². The molecule has 2 N–H and O–H groups in total. The Morgan fingerprint density at radius 3 is 2.84 bits per heavy atom. The van der Waals surface area contributed by atoms with E-state index in [9.17, 15) is 4.79 Å². The molecule has 0 unspecified atom stereocenters. The van der Waals surface area contributed by atoms with Crippen molar-refractivity contribution in [3.63, 3.8) is 0 Å². The third-order valence-corrected chi connectivity index (χ3v) is 3.90. The molecule has 1 saturated heterocycles. The summed E-state index contributed by atoms with van der Waals surface area (Å²) in [7, 11) is 2.14. The zero-order chi connectivity index (χ0) is 13.9. The fourth-order valence-corrected chi connectivity index (χ4v) is 2.30. The lowest BCUT2D eigenvalue weighted by atomic mass is 9.80. The van der Waals surface area contributed by atoms with Crippen molar-refractivity contribution in [1.82, 2.24) is 9.88 Å². The molecule has 0 amide bonds. The Hall–Kier alpha value is -1.62. The Bertz CT molecular complexity index is 454. The largest absolute Gasteiger partial charge is 0.478 e. The topological polar surface area (TPSA) is 65.5 Å². The molecule has 19 heavy (non-hydrogen) atoms. The lowest BCUT2D eigenvalue weighted by Gasteiger charge is -2.38. The highest BCUT2D eigenvalue weighted by atomic mass is 16.4. The fraction of sp³-hybridized carbons (Fsp3) is 0.571. The molecule has 0 saturated carbocycles. The van der Waals surface area contributed by atoms with E-state index in [0.717, 1.165) is 32.5 Å². The van der Waals surface area contributed by atoms with Gasteiger partial charge >= 0.3 is 5.97 Å². The number of hydrogen-bond acceptors (Lipinski definition) is 4. The van der Waals surface area contributed by atoms with Crippen LogP contribution < -0.4 is 5.32 Å². The molecule has 2 rings (SSSR count). The van der Waals surface area contributed by atoms with Gasteiger partial charge in [-0.15, -0.1) is 0 Å². The van der Waals surface area contributed by atoms with Gasteiger partial charge in [0.05, 0.1) is 5.56 Å². The van der Waals surface area contributed by atoms with Crippen molar-refractivity contribution < 1.29 is 9.90 Å². The van der Waals surface area contributed by atoms with Crippen LogP contribution in [0.3, 0.4) is 0 Å².